The van der Waals surface area contributed by atoms with Crippen LogP contribution in [0.4, 0.5) is 10.1 Å². The highest BCUT2D eigenvalue weighted by molar-refractivity contribution is 6.51. The van der Waals surface area contributed by atoms with Crippen LogP contribution in [-0.4, -0.2) is 23.4 Å². The Hall–Kier alpha value is -3.64. The molecule has 0 bridgehead atoms. The lowest BCUT2D eigenvalue weighted by molar-refractivity contribution is -0.132. The molecule has 1 heterocycles. The minimum atomic E-state index is -0.908. The highest BCUT2D eigenvalue weighted by Gasteiger charge is 2.47. The number of anilines is 1. The van der Waals surface area contributed by atoms with E-state index in [2.05, 4.69) is 0 Å². The van der Waals surface area contributed by atoms with Gasteiger partial charge >= 0.3 is 0 Å². The predicted octanol–water partition coefficient (Wildman–Crippen LogP) is 5.50. The molecule has 3 aromatic carbocycles. The Labute approximate surface area is 189 Å². The second-order valence-electron chi connectivity index (χ2n) is 7.16. The van der Waals surface area contributed by atoms with Crippen molar-refractivity contribution in [3.63, 3.8) is 0 Å². The molecule has 7 heteroatoms. The van der Waals surface area contributed by atoms with Gasteiger partial charge in [0, 0.05) is 22.3 Å². The average molecular weight is 452 g/mol. The molecule has 3 aromatic rings. The lowest BCUT2D eigenvalue weighted by atomic mass is 9.95. The standard InChI is InChI=1S/C25H19ClFNO4/c1-2-32-20-5-3-4-19(14-20)28-22(15-6-10-17(26)11-7-15)21(24(30)25(28)31)23(29)16-8-12-18(27)13-9-16/h3-14,22,29H,2H2,1H3/b23-21+. The minimum Gasteiger partial charge on any atom is -0.507 e. The van der Waals surface area contributed by atoms with E-state index < -0.39 is 23.5 Å². The summed E-state index contributed by atoms with van der Waals surface area (Å²) in [6, 6.07) is 17.6. The number of ether oxygens (including phenoxy) is 1. The maximum Gasteiger partial charge on any atom is 0.300 e. The molecule has 1 saturated heterocycles. The number of aliphatic hydroxyl groups excluding tert-OH is 1. The van der Waals surface area contributed by atoms with Crippen LogP contribution in [0.25, 0.3) is 5.76 Å². The zero-order valence-corrected chi connectivity index (χ0v) is 17.8. The first-order valence-electron chi connectivity index (χ1n) is 9.96. The molecule has 1 amide bonds. The van der Waals surface area contributed by atoms with Crippen LogP contribution in [0, 0.1) is 5.82 Å². The van der Waals surface area contributed by atoms with Crippen molar-refractivity contribution in [3.8, 4) is 5.75 Å². The Bertz CT molecular complexity index is 1210. The third kappa shape index (κ3) is 3.97. The molecule has 0 radical (unpaired) electrons. The van der Waals surface area contributed by atoms with Gasteiger partial charge in [-0.2, -0.15) is 0 Å². The van der Waals surface area contributed by atoms with Crippen LogP contribution in [0.15, 0.2) is 78.4 Å². The third-order valence-electron chi connectivity index (χ3n) is 5.15. The Balaban J connectivity index is 1.91. The molecular weight excluding hydrogens is 433 g/mol. The molecule has 1 aliphatic rings. The van der Waals surface area contributed by atoms with Gasteiger partial charge < -0.3 is 9.84 Å². The van der Waals surface area contributed by atoms with E-state index in [0.717, 1.165) is 0 Å². The van der Waals surface area contributed by atoms with Gasteiger partial charge in [0.25, 0.3) is 11.7 Å². The summed E-state index contributed by atoms with van der Waals surface area (Å²) in [6.45, 7) is 2.28. The van der Waals surface area contributed by atoms with Gasteiger partial charge in [-0.25, -0.2) is 4.39 Å². The van der Waals surface area contributed by atoms with Crippen LogP contribution in [0.5, 0.6) is 5.75 Å². The SMILES string of the molecule is CCOc1cccc(N2C(=O)C(=O)/C(=C(/O)c3ccc(F)cc3)C2c2ccc(Cl)cc2)c1. The lowest BCUT2D eigenvalue weighted by Gasteiger charge is -2.26. The number of Topliss-reactive ketones (excluding diaryl/α,β-unsaturated/α-hetero) is 1. The number of ketones is 1. The maximum absolute atomic E-state index is 13.4. The van der Waals surface area contributed by atoms with Crippen molar-refractivity contribution < 1.29 is 23.8 Å². The van der Waals surface area contributed by atoms with Crippen molar-refractivity contribution in [2.45, 2.75) is 13.0 Å². The van der Waals surface area contributed by atoms with Gasteiger partial charge in [0.05, 0.1) is 18.2 Å². The van der Waals surface area contributed by atoms with Gasteiger partial charge in [-0.15, -0.1) is 0 Å². The molecule has 0 aliphatic carbocycles. The first-order chi connectivity index (χ1) is 15.4. The Morgan fingerprint density at radius 2 is 1.75 bits per heavy atom. The Morgan fingerprint density at radius 3 is 2.41 bits per heavy atom. The smallest absolute Gasteiger partial charge is 0.300 e. The van der Waals surface area contributed by atoms with Crippen LogP contribution in [0.2, 0.25) is 5.02 Å². The largest absolute Gasteiger partial charge is 0.507 e. The van der Waals surface area contributed by atoms with Gasteiger partial charge in [-0.1, -0.05) is 29.8 Å². The van der Waals surface area contributed by atoms with Crippen LogP contribution in [-0.2, 0) is 9.59 Å². The molecule has 32 heavy (non-hydrogen) atoms. The maximum atomic E-state index is 13.4. The molecule has 1 unspecified atom stereocenters. The lowest BCUT2D eigenvalue weighted by Crippen LogP contribution is -2.29. The molecule has 1 aliphatic heterocycles. The number of benzene rings is 3. The molecule has 162 valence electrons. The monoisotopic (exact) mass is 451 g/mol. The summed E-state index contributed by atoms with van der Waals surface area (Å²) < 4.78 is 18.9. The van der Waals surface area contributed by atoms with E-state index in [0.29, 0.717) is 28.6 Å². The second kappa shape index (κ2) is 8.85. The van der Waals surface area contributed by atoms with Crippen LogP contribution in [0.1, 0.15) is 24.1 Å². The Kier molecular flexibility index (Phi) is 5.97. The normalized spacial score (nSPS) is 17.6. The topological polar surface area (TPSA) is 66.8 Å². The van der Waals surface area contributed by atoms with Gasteiger partial charge in [0.2, 0.25) is 0 Å². The molecule has 0 saturated carbocycles. The van der Waals surface area contributed by atoms with Crippen molar-refractivity contribution in [3.05, 3.63) is 100 Å². The molecular formula is C25H19ClFNO4. The zero-order valence-electron chi connectivity index (χ0n) is 17.1. The first-order valence-corrected chi connectivity index (χ1v) is 10.3. The van der Waals surface area contributed by atoms with Crippen molar-refractivity contribution in [1.29, 1.82) is 0 Å². The fourth-order valence-corrected chi connectivity index (χ4v) is 3.84. The molecule has 1 N–H and O–H groups in total. The van der Waals surface area contributed by atoms with Gasteiger partial charge in [-0.3, -0.25) is 14.5 Å². The summed E-state index contributed by atoms with van der Waals surface area (Å²) in [5.74, 6) is -1.95. The zero-order chi connectivity index (χ0) is 22.8. The molecule has 1 atom stereocenters. The number of halogens is 2. The van der Waals surface area contributed by atoms with E-state index in [1.165, 1.54) is 29.2 Å². The van der Waals surface area contributed by atoms with E-state index in [-0.39, 0.29) is 16.9 Å². The van der Waals surface area contributed by atoms with Crippen molar-refractivity contribution in [2.24, 2.45) is 0 Å². The number of rotatable bonds is 5. The summed E-state index contributed by atoms with van der Waals surface area (Å²) >= 11 is 6.03. The fourth-order valence-electron chi connectivity index (χ4n) is 3.71. The molecule has 0 aromatic heterocycles. The molecule has 1 fully saturated rings. The summed E-state index contributed by atoms with van der Waals surface area (Å²) in [7, 11) is 0. The first kappa shape index (κ1) is 21.6. The number of hydrogen-bond acceptors (Lipinski definition) is 4. The summed E-state index contributed by atoms with van der Waals surface area (Å²) in [5, 5.41) is 11.5. The van der Waals surface area contributed by atoms with E-state index in [9.17, 15) is 19.1 Å². The number of carbonyl (C=O) groups excluding carboxylic acids is 2. The van der Waals surface area contributed by atoms with E-state index in [1.54, 1.807) is 48.5 Å². The van der Waals surface area contributed by atoms with Crippen LogP contribution >= 0.6 is 11.6 Å². The quantitative estimate of drug-likeness (QED) is 0.316. The molecule has 5 nitrogen and oxygen atoms in total. The van der Waals surface area contributed by atoms with Gasteiger partial charge in [-0.05, 0) is 61.0 Å². The number of amides is 1. The minimum absolute atomic E-state index is 0.0919. The number of aliphatic hydroxyl groups is 1. The van der Waals surface area contributed by atoms with E-state index in [4.69, 9.17) is 16.3 Å². The predicted molar refractivity (Wildman–Crippen MR) is 120 cm³/mol. The fraction of sp³-hybridized carbons (Fsp3) is 0.120. The Morgan fingerprint density at radius 1 is 1.06 bits per heavy atom. The van der Waals surface area contributed by atoms with E-state index in [1.807, 2.05) is 6.92 Å². The molecule has 0 spiro atoms. The van der Waals surface area contributed by atoms with Crippen molar-refractivity contribution >= 4 is 34.7 Å². The number of carbonyl (C=O) groups is 2. The number of nitrogens with zero attached hydrogens (tertiary/aromatic N) is 1. The second-order valence-corrected chi connectivity index (χ2v) is 7.59. The summed E-state index contributed by atoms with van der Waals surface area (Å²) in [4.78, 5) is 27.5. The van der Waals surface area contributed by atoms with Crippen LogP contribution < -0.4 is 9.64 Å². The van der Waals surface area contributed by atoms with Gasteiger partial charge in [0.15, 0.2) is 0 Å². The van der Waals surface area contributed by atoms with E-state index >= 15 is 0 Å². The third-order valence-corrected chi connectivity index (χ3v) is 5.41. The summed E-state index contributed by atoms with van der Waals surface area (Å²) in [5.41, 5.74) is 1.16. The highest BCUT2D eigenvalue weighted by atomic mass is 35.5. The number of hydrogen-bond donors (Lipinski definition) is 1. The van der Waals surface area contributed by atoms with Gasteiger partial charge in [0.1, 0.15) is 17.3 Å². The van der Waals surface area contributed by atoms with Crippen LogP contribution in [0.3, 0.4) is 0 Å². The molecule has 4 rings (SSSR count). The van der Waals surface area contributed by atoms with Crippen molar-refractivity contribution in [2.75, 3.05) is 11.5 Å². The van der Waals surface area contributed by atoms with Crippen molar-refractivity contribution in [1.82, 2.24) is 0 Å². The summed E-state index contributed by atoms with van der Waals surface area (Å²) in [6.07, 6.45) is 0. The average Bonchev–Trinajstić information content (AvgIpc) is 3.05. The highest BCUT2D eigenvalue weighted by Crippen LogP contribution is 2.43.